The first kappa shape index (κ1) is 13.8. The third-order valence-corrected chi connectivity index (χ3v) is 3.95. The van der Waals surface area contributed by atoms with E-state index in [1.807, 2.05) is 48.0 Å². The van der Waals surface area contributed by atoms with Crippen molar-refractivity contribution < 1.29 is 9.26 Å². The Morgan fingerprint density at radius 3 is 3.00 bits per heavy atom. The van der Waals surface area contributed by atoms with Gasteiger partial charge in [0.2, 0.25) is 0 Å². The molecule has 6 heteroatoms. The van der Waals surface area contributed by atoms with Crippen LogP contribution in [0.15, 0.2) is 52.4 Å². The number of rotatable bonds is 5. The Labute approximate surface area is 126 Å². The third kappa shape index (κ3) is 3.11. The van der Waals surface area contributed by atoms with Crippen LogP contribution in [0.1, 0.15) is 11.5 Å². The van der Waals surface area contributed by atoms with Crippen LogP contribution in [0, 0.1) is 6.92 Å². The van der Waals surface area contributed by atoms with E-state index in [9.17, 15) is 0 Å². The molecule has 3 rings (SSSR count). The van der Waals surface area contributed by atoms with Crippen molar-refractivity contribution in [2.45, 2.75) is 17.8 Å². The highest BCUT2D eigenvalue weighted by Gasteiger charge is 2.09. The van der Waals surface area contributed by atoms with Crippen molar-refractivity contribution in [1.82, 2.24) is 14.7 Å². The minimum Gasteiger partial charge on any atom is -0.497 e. The van der Waals surface area contributed by atoms with Gasteiger partial charge in [-0.25, -0.2) is 4.98 Å². The van der Waals surface area contributed by atoms with E-state index in [1.165, 1.54) is 0 Å². The SMILES string of the molecule is COc1cccc(-n2ccnc2SCc2cc(C)no2)c1. The highest BCUT2D eigenvalue weighted by molar-refractivity contribution is 7.98. The molecule has 0 aliphatic heterocycles. The molecule has 5 nitrogen and oxygen atoms in total. The van der Waals surface area contributed by atoms with E-state index in [0.717, 1.165) is 28.0 Å². The van der Waals surface area contributed by atoms with Crippen LogP contribution in [-0.2, 0) is 5.75 Å². The molecule has 0 atom stereocenters. The molecular formula is C15H15N3O2S. The summed E-state index contributed by atoms with van der Waals surface area (Å²) in [7, 11) is 1.66. The second-order valence-corrected chi connectivity index (χ2v) is 5.45. The number of hydrogen-bond acceptors (Lipinski definition) is 5. The lowest BCUT2D eigenvalue weighted by Crippen LogP contribution is -1.96. The largest absolute Gasteiger partial charge is 0.497 e. The van der Waals surface area contributed by atoms with Gasteiger partial charge in [-0.2, -0.15) is 0 Å². The molecule has 21 heavy (non-hydrogen) atoms. The zero-order valence-electron chi connectivity index (χ0n) is 11.8. The number of hydrogen-bond donors (Lipinski definition) is 0. The van der Waals surface area contributed by atoms with Gasteiger partial charge in [0.1, 0.15) is 11.5 Å². The molecule has 0 radical (unpaired) electrons. The summed E-state index contributed by atoms with van der Waals surface area (Å²) in [6.45, 7) is 1.91. The Morgan fingerprint density at radius 1 is 1.33 bits per heavy atom. The molecule has 0 spiro atoms. The number of methoxy groups -OCH3 is 1. The Bertz CT molecular complexity index is 736. The summed E-state index contributed by atoms with van der Waals surface area (Å²) in [6.07, 6.45) is 3.72. The van der Waals surface area contributed by atoms with Gasteiger partial charge in [-0.05, 0) is 19.1 Å². The Balaban J connectivity index is 1.80. The molecule has 108 valence electrons. The van der Waals surface area contributed by atoms with Crippen molar-refractivity contribution in [2.24, 2.45) is 0 Å². The predicted octanol–water partition coefficient (Wildman–Crippen LogP) is 3.47. The average Bonchev–Trinajstić information content (AvgIpc) is 3.14. The zero-order valence-corrected chi connectivity index (χ0v) is 12.6. The lowest BCUT2D eigenvalue weighted by Gasteiger charge is -2.08. The van der Waals surface area contributed by atoms with Crippen molar-refractivity contribution in [3.05, 3.63) is 54.2 Å². The van der Waals surface area contributed by atoms with E-state index in [0.29, 0.717) is 5.75 Å². The zero-order chi connectivity index (χ0) is 14.7. The topological polar surface area (TPSA) is 53.1 Å². The number of imidazole rings is 1. The Kier molecular flexibility index (Phi) is 3.96. The summed E-state index contributed by atoms with van der Waals surface area (Å²) in [5.74, 6) is 2.36. The summed E-state index contributed by atoms with van der Waals surface area (Å²) in [6, 6.07) is 9.82. The molecule has 0 aliphatic carbocycles. The van der Waals surface area contributed by atoms with Crippen LogP contribution in [0.25, 0.3) is 5.69 Å². The Hall–Kier alpha value is -2.21. The average molecular weight is 301 g/mol. The van der Waals surface area contributed by atoms with Crippen LogP contribution in [0.4, 0.5) is 0 Å². The summed E-state index contributed by atoms with van der Waals surface area (Å²) in [5.41, 5.74) is 1.91. The number of aryl methyl sites for hydroxylation is 1. The van der Waals surface area contributed by atoms with Crippen LogP contribution in [0.2, 0.25) is 0 Å². The van der Waals surface area contributed by atoms with Gasteiger partial charge < -0.3 is 9.26 Å². The van der Waals surface area contributed by atoms with Crippen LogP contribution in [-0.4, -0.2) is 21.8 Å². The van der Waals surface area contributed by atoms with Crippen LogP contribution >= 0.6 is 11.8 Å². The molecule has 0 amide bonds. The first-order valence-corrected chi connectivity index (χ1v) is 7.47. The van der Waals surface area contributed by atoms with Gasteiger partial charge in [-0.1, -0.05) is 23.0 Å². The quantitative estimate of drug-likeness (QED) is 0.675. The molecule has 0 N–H and O–H groups in total. The number of benzene rings is 1. The fourth-order valence-corrected chi connectivity index (χ4v) is 2.82. The maximum atomic E-state index is 5.26. The normalized spacial score (nSPS) is 10.8. The lowest BCUT2D eigenvalue weighted by atomic mass is 10.3. The van der Waals surface area contributed by atoms with Gasteiger partial charge in [0.15, 0.2) is 5.16 Å². The van der Waals surface area contributed by atoms with E-state index in [1.54, 1.807) is 25.1 Å². The third-order valence-electron chi connectivity index (χ3n) is 2.96. The van der Waals surface area contributed by atoms with E-state index in [2.05, 4.69) is 10.1 Å². The molecule has 2 aromatic heterocycles. The van der Waals surface area contributed by atoms with Gasteiger partial charge in [-0.3, -0.25) is 4.57 Å². The molecule has 3 aromatic rings. The molecule has 0 saturated carbocycles. The van der Waals surface area contributed by atoms with Crippen LogP contribution in [0.3, 0.4) is 0 Å². The Morgan fingerprint density at radius 2 is 2.24 bits per heavy atom. The van der Waals surface area contributed by atoms with Gasteiger partial charge >= 0.3 is 0 Å². The number of aromatic nitrogens is 3. The van der Waals surface area contributed by atoms with Crippen molar-refractivity contribution in [3.8, 4) is 11.4 Å². The minimum atomic E-state index is 0.696. The maximum absolute atomic E-state index is 5.26. The van der Waals surface area contributed by atoms with Gasteiger partial charge in [-0.15, -0.1) is 0 Å². The summed E-state index contributed by atoms with van der Waals surface area (Å²) < 4.78 is 12.5. The smallest absolute Gasteiger partial charge is 0.173 e. The van der Waals surface area contributed by atoms with Crippen LogP contribution in [0.5, 0.6) is 5.75 Å². The summed E-state index contributed by atoms with van der Waals surface area (Å²) in [5, 5.41) is 4.79. The van der Waals surface area contributed by atoms with E-state index >= 15 is 0 Å². The number of thioether (sulfide) groups is 1. The molecule has 2 heterocycles. The van der Waals surface area contributed by atoms with Crippen LogP contribution < -0.4 is 4.74 Å². The molecule has 0 unspecified atom stereocenters. The first-order chi connectivity index (χ1) is 10.3. The van der Waals surface area contributed by atoms with E-state index < -0.39 is 0 Å². The second kappa shape index (κ2) is 6.05. The minimum absolute atomic E-state index is 0.696. The van der Waals surface area contributed by atoms with Crippen molar-refractivity contribution in [3.63, 3.8) is 0 Å². The van der Waals surface area contributed by atoms with Gasteiger partial charge in [0.05, 0.1) is 24.2 Å². The lowest BCUT2D eigenvalue weighted by molar-refractivity contribution is 0.391. The number of ether oxygens (including phenoxy) is 1. The first-order valence-electron chi connectivity index (χ1n) is 6.49. The second-order valence-electron chi connectivity index (χ2n) is 4.50. The maximum Gasteiger partial charge on any atom is 0.173 e. The predicted molar refractivity (Wildman–Crippen MR) is 80.9 cm³/mol. The van der Waals surface area contributed by atoms with Crippen molar-refractivity contribution >= 4 is 11.8 Å². The highest BCUT2D eigenvalue weighted by Crippen LogP contribution is 2.25. The van der Waals surface area contributed by atoms with E-state index in [4.69, 9.17) is 9.26 Å². The monoisotopic (exact) mass is 301 g/mol. The molecular weight excluding hydrogens is 286 g/mol. The fourth-order valence-electron chi connectivity index (χ4n) is 1.97. The fraction of sp³-hybridized carbons (Fsp3) is 0.200. The molecule has 0 fully saturated rings. The molecule has 1 aromatic carbocycles. The molecule has 0 bridgehead atoms. The number of nitrogens with zero attached hydrogens (tertiary/aromatic N) is 3. The standard InChI is InChI=1S/C15H15N3O2S/c1-11-8-14(20-17-11)10-21-15-16-6-7-18(15)12-4-3-5-13(9-12)19-2/h3-9H,10H2,1-2H3. The van der Waals surface area contributed by atoms with Gasteiger partial charge in [0, 0.05) is 24.5 Å². The van der Waals surface area contributed by atoms with Gasteiger partial charge in [0.25, 0.3) is 0 Å². The molecule has 0 saturated heterocycles. The van der Waals surface area contributed by atoms with Crippen molar-refractivity contribution in [2.75, 3.05) is 7.11 Å². The highest BCUT2D eigenvalue weighted by atomic mass is 32.2. The van der Waals surface area contributed by atoms with Crippen molar-refractivity contribution in [1.29, 1.82) is 0 Å². The molecule has 0 aliphatic rings. The summed E-state index contributed by atoms with van der Waals surface area (Å²) >= 11 is 1.61. The summed E-state index contributed by atoms with van der Waals surface area (Å²) in [4.78, 5) is 4.39. The van der Waals surface area contributed by atoms with E-state index in [-0.39, 0.29) is 0 Å².